The van der Waals surface area contributed by atoms with Gasteiger partial charge in [-0.3, -0.25) is 4.68 Å². The minimum atomic E-state index is -0.577. The van der Waals surface area contributed by atoms with E-state index in [0.29, 0.717) is 13.1 Å². The molecule has 2 rings (SSSR count). The van der Waals surface area contributed by atoms with Gasteiger partial charge < -0.3 is 10.2 Å². The molecular formula is C18H24F2N4O. The second-order valence-electron chi connectivity index (χ2n) is 6.19. The maximum absolute atomic E-state index is 13.8. The van der Waals surface area contributed by atoms with E-state index in [4.69, 9.17) is 0 Å². The molecule has 0 aliphatic carbocycles. The molecule has 0 aliphatic heterocycles. The molecule has 2 amide bonds. The molecule has 0 saturated heterocycles. The van der Waals surface area contributed by atoms with Crippen molar-refractivity contribution in [2.75, 3.05) is 13.6 Å². The number of halogens is 2. The lowest BCUT2D eigenvalue weighted by atomic mass is 10.1. The summed E-state index contributed by atoms with van der Waals surface area (Å²) in [5.41, 5.74) is 2.20. The van der Waals surface area contributed by atoms with Crippen LogP contribution in [0.3, 0.4) is 0 Å². The largest absolute Gasteiger partial charge is 0.338 e. The van der Waals surface area contributed by atoms with Gasteiger partial charge in [-0.15, -0.1) is 0 Å². The first-order valence-electron chi connectivity index (χ1n) is 8.26. The van der Waals surface area contributed by atoms with Crippen molar-refractivity contribution >= 4 is 6.03 Å². The van der Waals surface area contributed by atoms with Crippen molar-refractivity contribution in [1.29, 1.82) is 0 Å². The van der Waals surface area contributed by atoms with Gasteiger partial charge >= 0.3 is 6.03 Å². The third-order valence-corrected chi connectivity index (χ3v) is 4.24. The van der Waals surface area contributed by atoms with Crippen LogP contribution in [0, 0.1) is 25.5 Å². The molecule has 0 fully saturated rings. The highest BCUT2D eigenvalue weighted by molar-refractivity contribution is 5.74. The number of nitrogens with one attached hydrogen (secondary N) is 1. The van der Waals surface area contributed by atoms with E-state index in [1.165, 1.54) is 4.90 Å². The number of rotatable bonds is 6. The quantitative estimate of drug-likeness (QED) is 0.810. The van der Waals surface area contributed by atoms with Crippen LogP contribution < -0.4 is 5.32 Å². The van der Waals surface area contributed by atoms with Gasteiger partial charge in [0.15, 0.2) is 0 Å². The van der Waals surface area contributed by atoms with Crippen molar-refractivity contribution in [3.8, 4) is 0 Å². The smallest absolute Gasteiger partial charge is 0.317 e. The molecule has 0 aliphatic rings. The number of amides is 2. The molecule has 25 heavy (non-hydrogen) atoms. The Morgan fingerprint density at radius 1 is 1.32 bits per heavy atom. The lowest BCUT2D eigenvalue weighted by Crippen LogP contribution is -2.39. The number of carbonyl (C=O) groups excluding carboxylic acids is 1. The summed E-state index contributed by atoms with van der Waals surface area (Å²) in [6, 6.07) is 4.34. The van der Waals surface area contributed by atoms with Crippen LogP contribution in [0.25, 0.3) is 0 Å². The lowest BCUT2D eigenvalue weighted by Gasteiger charge is -2.26. The van der Waals surface area contributed by atoms with E-state index < -0.39 is 17.7 Å². The van der Waals surface area contributed by atoms with E-state index in [-0.39, 0.29) is 11.6 Å². The number of hydrogen-bond acceptors (Lipinski definition) is 2. The fraction of sp³-hybridized carbons (Fsp3) is 0.444. The molecule has 5 nitrogen and oxygen atoms in total. The molecule has 2 aromatic rings. The first-order chi connectivity index (χ1) is 11.8. The summed E-state index contributed by atoms with van der Waals surface area (Å²) in [5, 5.41) is 7.16. The standard InChI is InChI=1S/C18H24F2N4O/c1-12-10-13(2)24(22-12)9-5-8-21-18(25)23(4)14(3)16-11-15(19)6-7-17(16)20/h6-7,10-11,14H,5,8-9H2,1-4H3,(H,21,25)/t14-/m1/s1. The van der Waals surface area contributed by atoms with Gasteiger partial charge in [0.05, 0.1) is 11.7 Å². The van der Waals surface area contributed by atoms with E-state index in [0.717, 1.165) is 36.0 Å². The van der Waals surface area contributed by atoms with Crippen LogP contribution in [0.2, 0.25) is 0 Å². The zero-order valence-corrected chi connectivity index (χ0v) is 15.0. The molecule has 1 N–H and O–H groups in total. The molecule has 7 heteroatoms. The van der Waals surface area contributed by atoms with Crippen LogP contribution >= 0.6 is 0 Å². The van der Waals surface area contributed by atoms with Crippen LogP contribution in [-0.2, 0) is 6.54 Å². The molecular weight excluding hydrogens is 326 g/mol. The summed E-state index contributed by atoms with van der Waals surface area (Å²) < 4.78 is 29.1. The van der Waals surface area contributed by atoms with E-state index >= 15 is 0 Å². The second kappa shape index (κ2) is 8.09. The number of carbonyl (C=O) groups is 1. The number of benzene rings is 1. The molecule has 1 heterocycles. The number of aryl methyl sites for hydroxylation is 3. The van der Waals surface area contributed by atoms with Gasteiger partial charge in [0, 0.05) is 31.4 Å². The molecule has 0 saturated carbocycles. The van der Waals surface area contributed by atoms with Crippen LogP contribution in [0.15, 0.2) is 24.3 Å². The van der Waals surface area contributed by atoms with Crippen molar-refractivity contribution in [3.05, 3.63) is 52.9 Å². The van der Waals surface area contributed by atoms with Crippen LogP contribution in [0.4, 0.5) is 13.6 Å². The number of nitrogens with zero attached hydrogens (tertiary/aromatic N) is 3. The van der Waals surface area contributed by atoms with Gasteiger partial charge in [-0.25, -0.2) is 13.6 Å². The average Bonchev–Trinajstić information content (AvgIpc) is 2.89. The van der Waals surface area contributed by atoms with Gasteiger partial charge in [0.1, 0.15) is 11.6 Å². The van der Waals surface area contributed by atoms with Crippen molar-refractivity contribution < 1.29 is 13.6 Å². The van der Waals surface area contributed by atoms with Crippen LogP contribution in [0.1, 0.15) is 36.3 Å². The highest BCUT2D eigenvalue weighted by atomic mass is 19.1. The van der Waals surface area contributed by atoms with Gasteiger partial charge in [0.2, 0.25) is 0 Å². The molecule has 0 bridgehead atoms. The second-order valence-corrected chi connectivity index (χ2v) is 6.19. The monoisotopic (exact) mass is 350 g/mol. The van der Waals surface area contributed by atoms with Crippen molar-refractivity contribution in [2.45, 2.75) is 39.8 Å². The molecule has 136 valence electrons. The van der Waals surface area contributed by atoms with Gasteiger partial charge in [-0.2, -0.15) is 5.10 Å². The van der Waals surface area contributed by atoms with Gasteiger partial charge in [-0.1, -0.05) is 0 Å². The van der Waals surface area contributed by atoms with E-state index in [1.807, 2.05) is 24.6 Å². The van der Waals surface area contributed by atoms with Crippen molar-refractivity contribution in [1.82, 2.24) is 20.0 Å². The number of aromatic nitrogens is 2. The fourth-order valence-electron chi connectivity index (χ4n) is 2.67. The molecule has 0 spiro atoms. The molecule has 1 aromatic heterocycles. The van der Waals surface area contributed by atoms with Gasteiger partial charge in [-0.05, 0) is 51.5 Å². The third kappa shape index (κ3) is 4.78. The lowest BCUT2D eigenvalue weighted by molar-refractivity contribution is 0.193. The van der Waals surface area contributed by atoms with Gasteiger partial charge in [0.25, 0.3) is 0 Å². The highest BCUT2D eigenvalue weighted by Crippen LogP contribution is 2.22. The molecule has 1 aromatic carbocycles. The third-order valence-electron chi connectivity index (χ3n) is 4.24. The molecule has 1 atom stereocenters. The first-order valence-corrected chi connectivity index (χ1v) is 8.26. The zero-order valence-electron chi connectivity index (χ0n) is 15.0. The SMILES string of the molecule is Cc1cc(C)n(CCCNC(=O)N(C)[C@H](C)c2cc(F)ccc2F)n1. The Hall–Kier alpha value is -2.44. The number of hydrogen-bond donors (Lipinski definition) is 1. The van der Waals surface area contributed by atoms with Crippen molar-refractivity contribution in [2.24, 2.45) is 0 Å². The Morgan fingerprint density at radius 2 is 2.04 bits per heavy atom. The highest BCUT2D eigenvalue weighted by Gasteiger charge is 2.20. The summed E-state index contributed by atoms with van der Waals surface area (Å²) in [5.74, 6) is -1.06. The molecule has 0 unspecified atom stereocenters. The topological polar surface area (TPSA) is 50.2 Å². The minimum Gasteiger partial charge on any atom is -0.338 e. The maximum Gasteiger partial charge on any atom is 0.317 e. The predicted molar refractivity (Wildman–Crippen MR) is 92.3 cm³/mol. The maximum atomic E-state index is 13.8. The average molecular weight is 350 g/mol. The zero-order chi connectivity index (χ0) is 18.6. The summed E-state index contributed by atoms with van der Waals surface area (Å²) in [7, 11) is 1.56. The minimum absolute atomic E-state index is 0.153. The Bertz CT molecular complexity index is 745. The van der Waals surface area contributed by atoms with E-state index in [1.54, 1.807) is 14.0 Å². The Kier molecular flexibility index (Phi) is 6.12. The molecule has 0 radical (unpaired) electrons. The summed E-state index contributed by atoms with van der Waals surface area (Å²) in [6.07, 6.45) is 0.726. The van der Waals surface area contributed by atoms with Crippen LogP contribution in [0.5, 0.6) is 0 Å². The summed E-state index contributed by atoms with van der Waals surface area (Å²) in [4.78, 5) is 13.6. The van der Waals surface area contributed by atoms with E-state index in [2.05, 4.69) is 10.4 Å². The van der Waals surface area contributed by atoms with E-state index in [9.17, 15) is 13.6 Å². The predicted octanol–water partition coefficient (Wildman–Crippen LogP) is 3.57. The summed E-state index contributed by atoms with van der Waals surface area (Å²) >= 11 is 0. The normalized spacial score (nSPS) is 12.1. The Balaban J connectivity index is 1.85. The fourth-order valence-corrected chi connectivity index (χ4v) is 2.67. The summed E-state index contributed by atoms with van der Waals surface area (Å²) in [6.45, 7) is 6.76. The Morgan fingerprint density at radius 3 is 2.68 bits per heavy atom. The van der Waals surface area contributed by atoms with Crippen molar-refractivity contribution in [3.63, 3.8) is 0 Å². The first kappa shape index (κ1) is 18.9. The Labute approximate surface area is 146 Å². The van der Waals surface area contributed by atoms with Crippen LogP contribution in [-0.4, -0.2) is 34.3 Å². The number of urea groups is 1.